The van der Waals surface area contributed by atoms with E-state index in [1.807, 2.05) is 0 Å². The van der Waals surface area contributed by atoms with Gasteiger partial charge in [0.25, 0.3) is 0 Å². The van der Waals surface area contributed by atoms with Crippen molar-refractivity contribution < 1.29 is 0 Å². The second-order valence-electron chi connectivity index (χ2n) is 6.67. The van der Waals surface area contributed by atoms with Crippen LogP contribution in [0.3, 0.4) is 0 Å². The molecule has 2 fully saturated rings. The minimum atomic E-state index is 0.836. The van der Waals surface area contributed by atoms with E-state index >= 15 is 0 Å². The van der Waals surface area contributed by atoms with Gasteiger partial charge in [0, 0.05) is 6.04 Å². The van der Waals surface area contributed by atoms with Gasteiger partial charge in [0.1, 0.15) is 0 Å². The van der Waals surface area contributed by atoms with E-state index in [-0.39, 0.29) is 0 Å². The molecule has 2 saturated carbocycles. The maximum absolute atomic E-state index is 3.85. The van der Waals surface area contributed by atoms with Gasteiger partial charge in [-0.25, -0.2) is 0 Å². The minimum Gasteiger partial charge on any atom is -0.314 e. The first-order chi connectivity index (χ1) is 8.28. The summed E-state index contributed by atoms with van der Waals surface area (Å²) in [5.41, 5.74) is 0. The molecule has 0 spiro atoms. The van der Waals surface area contributed by atoms with Gasteiger partial charge in [-0.1, -0.05) is 46.0 Å². The van der Waals surface area contributed by atoms with Crippen LogP contribution in [0.15, 0.2) is 0 Å². The van der Waals surface area contributed by atoms with Crippen LogP contribution in [0.5, 0.6) is 0 Å². The van der Waals surface area contributed by atoms with Crippen LogP contribution in [-0.4, -0.2) is 12.6 Å². The number of hydrogen-bond donors (Lipinski definition) is 1. The summed E-state index contributed by atoms with van der Waals surface area (Å²) in [6.45, 7) is 6.07. The molecule has 100 valence electrons. The van der Waals surface area contributed by atoms with E-state index in [9.17, 15) is 0 Å². The van der Waals surface area contributed by atoms with Gasteiger partial charge in [-0.3, -0.25) is 0 Å². The fourth-order valence-electron chi connectivity index (χ4n) is 3.80. The van der Waals surface area contributed by atoms with Gasteiger partial charge >= 0.3 is 0 Å². The zero-order valence-electron chi connectivity index (χ0n) is 11.9. The molecular formula is C16H31N. The van der Waals surface area contributed by atoms with E-state index in [4.69, 9.17) is 0 Å². The van der Waals surface area contributed by atoms with Gasteiger partial charge in [-0.2, -0.15) is 0 Å². The Kier molecular flexibility index (Phi) is 5.34. The van der Waals surface area contributed by atoms with Gasteiger partial charge in [-0.15, -0.1) is 0 Å². The molecule has 0 amide bonds. The Hall–Kier alpha value is -0.0400. The second kappa shape index (κ2) is 6.78. The smallest absolute Gasteiger partial charge is 0.00697 e. The second-order valence-corrected chi connectivity index (χ2v) is 6.67. The molecule has 2 aliphatic carbocycles. The van der Waals surface area contributed by atoms with E-state index in [2.05, 4.69) is 19.2 Å². The molecule has 17 heavy (non-hydrogen) atoms. The van der Waals surface area contributed by atoms with E-state index in [0.717, 1.165) is 23.8 Å². The highest BCUT2D eigenvalue weighted by Gasteiger charge is 2.22. The number of nitrogens with one attached hydrogen (secondary N) is 1. The monoisotopic (exact) mass is 237 g/mol. The van der Waals surface area contributed by atoms with Crippen molar-refractivity contribution in [2.24, 2.45) is 17.8 Å². The zero-order valence-corrected chi connectivity index (χ0v) is 11.9. The minimum absolute atomic E-state index is 0.836. The standard InChI is InChI=1S/C16H31N/c1-3-14-7-9-15(10-8-14)12-17-16-6-4-5-13(2)11-16/h13-17H,3-12H2,1-2H3. The lowest BCUT2D eigenvalue weighted by molar-refractivity contribution is 0.237. The summed E-state index contributed by atoms with van der Waals surface area (Å²) in [5, 5.41) is 3.85. The molecule has 2 atom stereocenters. The zero-order chi connectivity index (χ0) is 12.1. The first-order valence-electron chi connectivity index (χ1n) is 8.01. The summed E-state index contributed by atoms with van der Waals surface area (Å²) >= 11 is 0. The first kappa shape index (κ1) is 13.4. The SMILES string of the molecule is CCC1CCC(CNC2CCCC(C)C2)CC1. The average molecular weight is 237 g/mol. The molecule has 2 unspecified atom stereocenters. The Labute approximate surface area is 108 Å². The molecular weight excluding hydrogens is 206 g/mol. The summed E-state index contributed by atoms with van der Waals surface area (Å²) in [6.07, 6.45) is 13.1. The van der Waals surface area contributed by atoms with E-state index in [1.54, 1.807) is 0 Å². The molecule has 0 saturated heterocycles. The van der Waals surface area contributed by atoms with Crippen molar-refractivity contribution in [2.45, 2.75) is 77.7 Å². The normalized spacial score (nSPS) is 39.2. The molecule has 2 aliphatic rings. The predicted octanol–water partition coefficient (Wildman–Crippen LogP) is 4.37. The Morgan fingerprint density at radius 2 is 1.65 bits per heavy atom. The van der Waals surface area contributed by atoms with Gasteiger partial charge in [0.2, 0.25) is 0 Å². The average Bonchev–Trinajstić information content (AvgIpc) is 2.37. The van der Waals surface area contributed by atoms with Crippen molar-refractivity contribution in [3.05, 3.63) is 0 Å². The van der Waals surface area contributed by atoms with Crippen LogP contribution in [0.25, 0.3) is 0 Å². The summed E-state index contributed by atoms with van der Waals surface area (Å²) in [4.78, 5) is 0. The van der Waals surface area contributed by atoms with Crippen LogP contribution in [0, 0.1) is 17.8 Å². The van der Waals surface area contributed by atoms with E-state index in [0.29, 0.717) is 0 Å². The molecule has 0 aromatic heterocycles. The largest absolute Gasteiger partial charge is 0.314 e. The molecule has 0 aromatic carbocycles. The maximum Gasteiger partial charge on any atom is 0.00697 e. The highest BCUT2D eigenvalue weighted by Crippen LogP contribution is 2.30. The lowest BCUT2D eigenvalue weighted by atomic mass is 9.80. The highest BCUT2D eigenvalue weighted by atomic mass is 14.9. The molecule has 0 aromatic rings. The highest BCUT2D eigenvalue weighted by molar-refractivity contribution is 4.79. The Bertz CT molecular complexity index is 206. The van der Waals surface area contributed by atoms with Crippen LogP contribution in [0.1, 0.15) is 71.6 Å². The summed E-state index contributed by atoms with van der Waals surface area (Å²) < 4.78 is 0. The van der Waals surface area contributed by atoms with Crippen LogP contribution in [-0.2, 0) is 0 Å². The van der Waals surface area contributed by atoms with E-state index in [1.165, 1.54) is 64.3 Å². The van der Waals surface area contributed by atoms with Crippen molar-refractivity contribution in [1.29, 1.82) is 0 Å². The van der Waals surface area contributed by atoms with Crippen LogP contribution in [0.4, 0.5) is 0 Å². The molecule has 1 heteroatoms. The number of rotatable bonds is 4. The van der Waals surface area contributed by atoms with Gasteiger partial charge in [-0.05, 0) is 50.0 Å². The van der Waals surface area contributed by atoms with Gasteiger partial charge in [0.05, 0.1) is 0 Å². The summed E-state index contributed by atoms with van der Waals surface area (Å²) in [5.74, 6) is 2.98. The third-order valence-electron chi connectivity index (χ3n) is 5.18. The van der Waals surface area contributed by atoms with Crippen LogP contribution >= 0.6 is 0 Å². The third kappa shape index (κ3) is 4.28. The molecule has 1 N–H and O–H groups in total. The lowest BCUT2D eigenvalue weighted by Gasteiger charge is -2.32. The Morgan fingerprint density at radius 3 is 2.29 bits per heavy atom. The van der Waals surface area contributed by atoms with Crippen molar-refractivity contribution in [2.75, 3.05) is 6.54 Å². The van der Waals surface area contributed by atoms with Crippen molar-refractivity contribution in [3.63, 3.8) is 0 Å². The van der Waals surface area contributed by atoms with Crippen LogP contribution < -0.4 is 5.32 Å². The molecule has 0 heterocycles. The maximum atomic E-state index is 3.85. The van der Waals surface area contributed by atoms with Crippen molar-refractivity contribution in [1.82, 2.24) is 5.32 Å². The third-order valence-corrected chi connectivity index (χ3v) is 5.18. The quantitative estimate of drug-likeness (QED) is 0.765. The topological polar surface area (TPSA) is 12.0 Å². The molecule has 1 nitrogen and oxygen atoms in total. The van der Waals surface area contributed by atoms with Crippen molar-refractivity contribution in [3.8, 4) is 0 Å². The van der Waals surface area contributed by atoms with Gasteiger partial charge in [0.15, 0.2) is 0 Å². The summed E-state index contributed by atoms with van der Waals surface area (Å²) in [6, 6.07) is 0.836. The van der Waals surface area contributed by atoms with Crippen LogP contribution in [0.2, 0.25) is 0 Å². The van der Waals surface area contributed by atoms with Crippen molar-refractivity contribution >= 4 is 0 Å². The Morgan fingerprint density at radius 1 is 0.941 bits per heavy atom. The van der Waals surface area contributed by atoms with Gasteiger partial charge < -0.3 is 5.32 Å². The molecule has 0 bridgehead atoms. The first-order valence-corrected chi connectivity index (χ1v) is 8.01. The lowest BCUT2D eigenvalue weighted by Crippen LogP contribution is -2.37. The molecule has 0 radical (unpaired) electrons. The molecule has 2 rings (SSSR count). The summed E-state index contributed by atoms with van der Waals surface area (Å²) in [7, 11) is 0. The fraction of sp³-hybridized carbons (Fsp3) is 1.00. The van der Waals surface area contributed by atoms with E-state index < -0.39 is 0 Å². The fourth-order valence-corrected chi connectivity index (χ4v) is 3.80. The molecule has 0 aliphatic heterocycles. The number of hydrogen-bond acceptors (Lipinski definition) is 1. The Balaban J connectivity index is 1.62. The predicted molar refractivity (Wildman–Crippen MR) is 75.2 cm³/mol.